The zero-order valence-corrected chi connectivity index (χ0v) is 12.8. The van der Waals surface area contributed by atoms with Gasteiger partial charge in [0.1, 0.15) is 0 Å². The van der Waals surface area contributed by atoms with Crippen LogP contribution >= 0.6 is 0 Å². The van der Waals surface area contributed by atoms with Crippen molar-refractivity contribution in [3.8, 4) is 0 Å². The van der Waals surface area contributed by atoms with Crippen LogP contribution in [0.5, 0.6) is 0 Å². The molecule has 0 aromatic heterocycles. The molecule has 2 N–H and O–H groups in total. The second-order valence-electron chi connectivity index (χ2n) is 7.21. The number of likely N-dealkylation sites (tertiary alicyclic amines) is 2. The molecular formula is C16H29N3O. The fourth-order valence-electron chi connectivity index (χ4n) is 4.55. The lowest BCUT2D eigenvalue weighted by molar-refractivity contribution is -0.141. The first kappa shape index (κ1) is 14.3. The third kappa shape index (κ3) is 2.60. The zero-order valence-electron chi connectivity index (χ0n) is 12.8. The predicted molar refractivity (Wildman–Crippen MR) is 80.3 cm³/mol. The molecule has 1 amide bonds. The smallest absolute Gasteiger partial charge is 0.242 e. The van der Waals surface area contributed by atoms with E-state index in [9.17, 15) is 4.79 Å². The molecule has 2 unspecified atom stereocenters. The standard InChI is InChI=1S/C16H29N3O/c1-18-10-5-6-13-12-19(11-7-14(13)18)15(20)16(17)8-3-2-4-9-16/h13-14H,2-12,17H2,1H3. The number of rotatable bonds is 1. The van der Waals surface area contributed by atoms with Crippen molar-refractivity contribution >= 4 is 5.91 Å². The number of carbonyl (C=O) groups excluding carboxylic acids is 1. The number of amides is 1. The van der Waals surface area contributed by atoms with Gasteiger partial charge in [-0.1, -0.05) is 19.3 Å². The predicted octanol–water partition coefficient (Wildman–Crippen LogP) is 1.59. The van der Waals surface area contributed by atoms with E-state index in [4.69, 9.17) is 5.73 Å². The lowest BCUT2D eigenvalue weighted by atomic mass is 9.79. The molecule has 2 atom stereocenters. The van der Waals surface area contributed by atoms with Crippen molar-refractivity contribution in [2.24, 2.45) is 11.7 Å². The van der Waals surface area contributed by atoms with Crippen LogP contribution in [-0.4, -0.2) is 54.0 Å². The van der Waals surface area contributed by atoms with Crippen molar-refractivity contribution in [3.05, 3.63) is 0 Å². The molecule has 0 spiro atoms. The zero-order chi connectivity index (χ0) is 14.2. The summed E-state index contributed by atoms with van der Waals surface area (Å²) >= 11 is 0. The van der Waals surface area contributed by atoms with Crippen LogP contribution in [0.1, 0.15) is 51.4 Å². The maximum absolute atomic E-state index is 12.8. The first-order valence-corrected chi connectivity index (χ1v) is 8.39. The number of piperidine rings is 2. The maximum Gasteiger partial charge on any atom is 0.242 e. The molecule has 114 valence electrons. The quantitative estimate of drug-likeness (QED) is 0.793. The molecule has 0 aromatic carbocycles. The third-order valence-electron chi connectivity index (χ3n) is 5.80. The van der Waals surface area contributed by atoms with Gasteiger partial charge in [-0.3, -0.25) is 4.79 Å². The highest BCUT2D eigenvalue weighted by Crippen LogP contribution is 2.33. The van der Waals surface area contributed by atoms with Crippen LogP contribution in [0.3, 0.4) is 0 Å². The molecule has 1 aliphatic carbocycles. The van der Waals surface area contributed by atoms with Gasteiger partial charge in [0.15, 0.2) is 0 Å². The van der Waals surface area contributed by atoms with Gasteiger partial charge in [0.25, 0.3) is 0 Å². The van der Waals surface area contributed by atoms with Crippen molar-refractivity contribution in [1.82, 2.24) is 9.80 Å². The summed E-state index contributed by atoms with van der Waals surface area (Å²) in [7, 11) is 2.24. The van der Waals surface area contributed by atoms with Gasteiger partial charge in [0, 0.05) is 19.1 Å². The third-order valence-corrected chi connectivity index (χ3v) is 5.80. The van der Waals surface area contributed by atoms with Gasteiger partial charge in [0.05, 0.1) is 5.54 Å². The number of carbonyl (C=O) groups is 1. The first-order valence-electron chi connectivity index (χ1n) is 8.39. The van der Waals surface area contributed by atoms with E-state index in [1.165, 1.54) is 25.8 Å². The van der Waals surface area contributed by atoms with Crippen molar-refractivity contribution in [2.75, 3.05) is 26.7 Å². The van der Waals surface area contributed by atoms with Crippen LogP contribution in [0.25, 0.3) is 0 Å². The number of nitrogens with zero attached hydrogens (tertiary/aromatic N) is 2. The number of hydrogen-bond donors (Lipinski definition) is 1. The summed E-state index contributed by atoms with van der Waals surface area (Å²) in [5.41, 5.74) is 5.88. The average molecular weight is 279 g/mol. The topological polar surface area (TPSA) is 49.6 Å². The Balaban J connectivity index is 1.65. The Kier molecular flexibility index (Phi) is 4.04. The average Bonchev–Trinajstić information content (AvgIpc) is 2.47. The molecule has 2 saturated heterocycles. The van der Waals surface area contributed by atoms with Crippen LogP contribution in [0, 0.1) is 5.92 Å². The molecule has 0 aromatic rings. The van der Waals surface area contributed by atoms with Crippen molar-refractivity contribution < 1.29 is 4.79 Å². The Morgan fingerprint density at radius 2 is 1.85 bits per heavy atom. The Morgan fingerprint density at radius 3 is 2.60 bits per heavy atom. The lowest BCUT2D eigenvalue weighted by Crippen LogP contribution is -2.61. The largest absolute Gasteiger partial charge is 0.341 e. The fraction of sp³-hybridized carbons (Fsp3) is 0.938. The number of fused-ring (bicyclic) bond motifs is 1. The Labute approximate surface area is 122 Å². The first-order chi connectivity index (χ1) is 9.60. The maximum atomic E-state index is 12.8. The molecular weight excluding hydrogens is 250 g/mol. The molecule has 3 rings (SSSR count). The Morgan fingerprint density at radius 1 is 1.10 bits per heavy atom. The molecule has 2 heterocycles. The van der Waals surface area contributed by atoms with Crippen LogP contribution in [0.2, 0.25) is 0 Å². The van der Waals surface area contributed by atoms with E-state index in [1.807, 2.05) is 0 Å². The monoisotopic (exact) mass is 279 g/mol. The number of nitrogens with two attached hydrogens (primary N) is 1. The van der Waals surface area contributed by atoms with Crippen molar-refractivity contribution in [2.45, 2.75) is 62.9 Å². The highest BCUT2D eigenvalue weighted by molar-refractivity contribution is 5.86. The van der Waals surface area contributed by atoms with Crippen LogP contribution in [-0.2, 0) is 4.79 Å². The van der Waals surface area contributed by atoms with Crippen LogP contribution < -0.4 is 5.73 Å². The van der Waals surface area contributed by atoms with E-state index < -0.39 is 5.54 Å². The molecule has 3 aliphatic rings. The second-order valence-corrected chi connectivity index (χ2v) is 7.21. The summed E-state index contributed by atoms with van der Waals surface area (Å²) in [4.78, 5) is 17.4. The lowest BCUT2D eigenvalue weighted by Gasteiger charge is -2.48. The Hall–Kier alpha value is -0.610. The van der Waals surface area contributed by atoms with E-state index in [2.05, 4.69) is 16.8 Å². The van der Waals surface area contributed by atoms with E-state index in [0.717, 1.165) is 45.2 Å². The summed E-state index contributed by atoms with van der Waals surface area (Å²) in [6, 6.07) is 0.688. The van der Waals surface area contributed by atoms with Crippen molar-refractivity contribution in [1.29, 1.82) is 0 Å². The molecule has 3 fully saturated rings. The van der Waals surface area contributed by atoms with E-state index >= 15 is 0 Å². The van der Waals surface area contributed by atoms with Gasteiger partial charge in [0.2, 0.25) is 5.91 Å². The highest BCUT2D eigenvalue weighted by atomic mass is 16.2. The minimum atomic E-state index is -0.550. The van der Waals surface area contributed by atoms with Crippen LogP contribution in [0.15, 0.2) is 0 Å². The van der Waals surface area contributed by atoms with Gasteiger partial charge in [-0.2, -0.15) is 0 Å². The second kappa shape index (κ2) is 5.64. The normalized spacial score (nSPS) is 34.6. The molecule has 0 radical (unpaired) electrons. The summed E-state index contributed by atoms with van der Waals surface area (Å²) in [6.07, 6.45) is 8.91. The summed E-state index contributed by atoms with van der Waals surface area (Å²) < 4.78 is 0. The SMILES string of the molecule is CN1CCCC2CN(C(=O)C3(N)CCCCC3)CCC21. The molecule has 4 heteroatoms. The van der Waals surface area contributed by atoms with Gasteiger partial charge < -0.3 is 15.5 Å². The van der Waals surface area contributed by atoms with E-state index in [0.29, 0.717) is 12.0 Å². The van der Waals surface area contributed by atoms with E-state index in [1.54, 1.807) is 0 Å². The van der Waals surface area contributed by atoms with Crippen LogP contribution in [0.4, 0.5) is 0 Å². The molecule has 2 aliphatic heterocycles. The van der Waals surface area contributed by atoms with Gasteiger partial charge in [-0.15, -0.1) is 0 Å². The molecule has 1 saturated carbocycles. The van der Waals surface area contributed by atoms with Gasteiger partial charge in [-0.05, 0) is 51.6 Å². The fourth-order valence-corrected chi connectivity index (χ4v) is 4.55. The van der Waals surface area contributed by atoms with Crippen molar-refractivity contribution in [3.63, 3.8) is 0 Å². The molecule has 0 bridgehead atoms. The van der Waals surface area contributed by atoms with Gasteiger partial charge >= 0.3 is 0 Å². The highest BCUT2D eigenvalue weighted by Gasteiger charge is 2.42. The summed E-state index contributed by atoms with van der Waals surface area (Å²) in [5.74, 6) is 0.905. The number of hydrogen-bond acceptors (Lipinski definition) is 3. The minimum Gasteiger partial charge on any atom is -0.341 e. The summed E-state index contributed by atoms with van der Waals surface area (Å²) in [6.45, 7) is 3.06. The molecule has 4 nitrogen and oxygen atoms in total. The van der Waals surface area contributed by atoms with E-state index in [-0.39, 0.29) is 5.91 Å². The Bertz CT molecular complexity index is 365. The summed E-state index contributed by atoms with van der Waals surface area (Å²) in [5, 5.41) is 0. The van der Waals surface area contributed by atoms with Gasteiger partial charge in [-0.25, -0.2) is 0 Å². The minimum absolute atomic E-state index is 0.240. The molecule has 20 heavy (non-hydrogen) atoms.